The Labute approximate surface area is 112 Å². The molecule has 0 unspecified atom stereocenters. The highest BCUT2D eigenvalue weighted by Crippen LogP contribution is 2.14. The summed E-state index contributed by atoms with van der Waals surface area (Å²) in [6.07, 6.45) is 2.97. The summed E-state index contributed by atoms with van der Waals surface area (Å²) in [6.45, 7) is 5.47. The first-order valence-electron chi connectivity index (χ1n) is 6.17. The molecule has 0 saturated carbocycles. The van der Waals surface area contributed by atoms with E-state index >= 15 is 0 Å². The van der Waals surface area contributed by atoms with Crippen LogP contribution >= 0.6 is 0 Å². The van der Waals surface area contributed by atoms with Gasteiger partial charge in [0.15, 0.2) is 12.4 Å². The van der Waals surface area contributed by atoms with Gasteiger partial charge in [0.2, 0.25) is 0 Å². The Morgan fingerprint density at radius 3 is 2.63 bits per heavy atom. The van der Waals surface area contributed by atoms with Crippen LogP contribution in [0.3, 0.4) is 0 Å². The van der Waals surface area contributed by atoms with E-state index in [1.807, 2.05) is 45.0 Å². The van der Waals surface area contributed by atoms with Gasteiger partial charge in [-0.3, -0.25) is 0 Å². The zero-order valence-corrected chi connectivity index (χ0v) is 11.4. The van der Waals surface area contributed by atoms with Crippen molar-refractivity contribution in [3.8, 4) is 0 Å². The van der Waals surface area contributed by atoms with E-state index in [9.17, 15) is 4.79 Å². The lowest BCUT2D eigenvalue weighted by atomic mass is 10.1. The number of carbonyl (C=O) groups is 1. The molecule has 1 heterocycles. The Morgan fingerprint density at radius 1 is 1.26 bits per heavy atom. The van der Waals surface area contributed by atoms with Crippen molar-refractivity contribution in [3.63, 3.8) is 0 Å². The minimum atomic E-state index is -0.522. The van der Waals surface area contributed by atoms with Crippen molar-refractivity contribution in [2.45, 2.75) is 33.0 Å². The molecule has 0 aliphatic rings. The summed E-state index contributed by atoms with van der Waals surface area (Å²) in [5.41, 5.74) is 0.292. The largest absolute Gasteiger partial charge is 0.602 e. The summed E-state index contributed by atoms with van der Waals surface area (Å²) in [6, 6.07) is 7.48. The highest BCUT2D eigenvalue weighted by Gasteiger charge is 2.24. The number of aliphatic hydroxyl groups is 1. The van der Waals surface area contributed by atoms with Gasteiger partial charge in [0.1, 0.15) is 5.60 Å². The maximum atomic E-state index is 11.9. The molecule has 0 atom stereocenters. The number of ether oxygens (including phenoxy) is 1. The minimum Gasteiger partial charge on any atom is -0.406 e. The summed E-state index contributed by atoms with van der Waals surface area (Å²) in [5.74, 6) is 0. The van der Waals surface area contributed by atoms with E-state index in [0.29, 0.717) is 0 Å². The van der Waals surface area contributed by atoms with Crippen LogP contribution in [0.5, 0.6) is 0 Å². The highest BCUT2D eigenvalue weighted by atomic mass is 16.6. The number of nitrogens with zero attached hydrogens (tertiary/aromatic N) is 1. The first-order valence-corrected chi connectivity index (χ1v) is 6.17. The van der Waals surface area contributed by atoms with Crippen LogP contribution < -0.4 is 4.57 Å². The molecule has 19 heavy (non-hydrogen) atoms. The van der Waals surface area contributed by atoms with Crippen molar-refractivity contribution in [2.24, 2.45) is 0 Å². The second kappa shape index (κ2) is 4.97. The number of pyridine rings is 1. The van der Waals surface area contributed by atoms with Crippen molar-refractivity contribution < 1.29 is 19.2 Å². The minimum absolute atomic E-state index is 0.0166. The Bertz CT molecular complexity index is 614. The van der Waals surface area contributed by atoms with E-state index in [2.05, 4.69) is 0 Å². The smallest absolute Gasteiger partial charge is 0.406 e. The van der Waals surface area contributed by atoms with E-state index in [1.54, 1.807) is 12.4 Å². The molecule has 2 aromatic rings. The Morgan fingerprint density at radius 2 is 2.00 bits per heavy atom. The number of aliphatic hydroxyl groups excluding tert-OH is 1. The van der Waals surface area contributed by atoms with Gasteiger partial charge in [0, 0.05) is 11.5 Å². The average Bonchev–Trinajstić information content (AvgIpc) is 2.35. The van der Waals surface area contributed by atoms with E-state index in [1.165, 1.54) is 4.57 Å². The van der Waals surface area contributed by atoms with Gasteiger partial charge in [0.25, 0.3) is 0 Å². The van der Waals surface area contributed by atoms with Crippen LogP contribution in [0.15, 0.2) is 36.7 Å². The summed E-state index contributed by atoms with van der Waals surface area (Å²) < 4.78 is 6.72. The second-order valence-corrected chi connectivity index (χ2v) is 5.45. The topological polar surface area (TPSA) is 50.4 Å². The van der Waals surface area contributed by atoms with Crippen LogP contribution in [-0.2, 0) is 11.3 Å². The molecule has 1 N–H and O–H groups in total. The maximum Gasteiger partial charge on any atom is 0.602 e. The number of rotatable bonds is 1. The van der Waals surface area contributed by atoms with Crippen LogP contribution in [0.1, 0.15) is 26.3 Å². The van der Waals surface area contributed by atoms with Gasteiger partial charge >= 0.3 is 6.09 Å². The van der Waals surface area contributed by atoms with Crippen LogP contribution in [0, 0.1) is 0 Å². The quantitative estimate of drug-likeness (QED) is 0.801. The number of hydrogen-bond acceptors (Lipinski definition) is 3. The maximum absolute atomic E-state index is 11.9. The van der Waals surface area contributed by atoms with Gasteiger partial charge < -0.3 is 9.84 Å². The molecule has 2 rings (SSSR count). The molecule has 0 aliphatic carbocycles. The second-order valence-electron chi connectivity index (χ2n) is 5.45. The number of hydrogen-bond donors (Lipinski definition) is 1. The zero-order valence-electron chi connectivity index (χ0n) is 11.4. The summed E-state index contributed by atoms with van der Waals surface area (Å²) in [7, 11) is 0. The molecule has 4 heteroatoms. The van der Waals surface area contributed by atoms with Crippen LogP contribution in [-0.4, -0.2) is 16.8 Å². The van der Waals surface area contributed by atoms with E-state index in [-0.39, 0.29) is 6.61 Å². The fourth-order valence-electron chi connectivity index (χ4n) is 1.77. The van der Waals surface area contributed by atoms with Crippen molar-refractivity contribution in [3.05, 3.63) is 42.2 Å². The lowest BCUT2D eigenvalue weighted by molar-refractivity contribution is -0.586. The number of aromatic nitrogens is 1. The standard InChI is InChI=1S/C15H18NO3/c1-15(2,3)19-14(18)16-7-6-12-5-4-11(10-17)8-13(12)9-16/h4-9,17H,10H2,1-3H3/q+1. The number of carbonyl (C=O) groups excluding carboxylic acids is 1. The third-order valence-electron chi connectivity index (χ3n) is 2.63. The third-order valence-corrected chi connectivity index (χ3v) is 2.63. The van der Waals surface area contributed by atoms with Gasteiger partial charge in [-0.15, -0.1) is 0 Å². The molecule has 0 spiro atoms. The van der Waals surface area contributed by atoms with Gasteiger partial charge in [-0.05, 0) is 37.8 Å². The highest BCUT2D eigenvalue weighted by molar-refractivity contribution is 5.81. The molecule has 0 bridgehead atoms. The molecule has 100 valence electrons. The summed E-state index contributed by atoms with van der Waals surface area (Å²) in [4.78, 5) is 11.9. The molecule has 0 saturated heterocycles. The molecule has 0 radical (unpaired) electrons. The average molecular weight is 260 g/mol. The number of fused-ring (bicyclic) bond motifs is 1. The Hall–Kier alpha value is -1.94. The predicted octanol–water partition coefficient (Wildman–Crippen LogP) is 2.40. The van der Waals surface area contributed by atoms with Gasteiger partial charge in [-0.2, -0.15) is 4.79 Å². The molecule has 1 aromatic heterocycles. The van der Waals surface area contributed by atoms with Gasteiger partial charge in [-0.1, -0.05) is 16.7 Å². The normalized spacial score (nSPS) is 11.6. The van der Waals surface area contributed by atoms with E-state index in [0.717, 1.165) is 16.3 Å². The van der Waals surface area contributed by atoms with Crippen molar-refractivity contribution in [2.75, 3.05) is 0 Å². The van der Waals surface area contributed by atoms with Crippen LogP contribution in [0.2, 0.25) is 0 Å². The molecule has 0 aliphatic heterocycles. The lowest BCUT2D eigenvalue weighted by Crippen LogP contribution is -2.45. The molecule has 0 amide bonds. The summed E-state index contributed by atoms with van der Waals surface area (Å²) >= 11 is 0. The van der Waals surface area contributed by atoms with Crippen molar-refractivity contribution in [1.29, 1.82) is 0 Å². The van der Waals surface area contributed by atoms with Crippen molar-refractivity contribution >= 4 is 16.9 Å². The first kappa shape index (κ1) is 13.5. The molecule has 4 nitrogen and oxygen atoms in total. The fraction of sp³-hybridized carbons (Fsp3) is 0.333. The monoisotopic (exact) mass is 260 g/mol. The Balaban J connectivity index is 2.37. The summed E-state index contributed by atoms with van der Waals surface area (Å²) in [5, 5.41) is 11.0. The third kappa shape index (κ3) is 3.29. The molecule has 1 aromatic carbocycles. The SMILES string of the molecule is CC(C)(C)OC(=O)[n+]1ccc2ccc(CO)cc2c1. The fourth-order valence-corrected chi connectivity index (χ4v) is 1.77. The first-order chi connectivity index (χ1) is 8.89. The van der Waals surface area contributed by atoms with Crippen LogP contribution in [0.25, 0.3) is 10.8 Å². The van der Waals surface area contributed by atoms with E-state index < -0.39 is 11.7 Å². The van der Waals surface area contributed by atoms with Gasteiger partial charge in [-0.25, -0.2) is 0 Å². The zero-order chi connectivity index (χ0) is 14.0. The van der Waals surface area contributed by atoms with Crippen LogP contribution in [0.4, 0.5) is 4.79 Å². The molecule has 0 fully saturated rings. The van der Waals surface area contributed by atoms with Crippen molar-refractivity contribution in [1.82, 2.24) is 0 Å². The number of benzene rings is 1. The predicted molar refractivity (Wildman–Crippen MR) is 71.7 cm³/mol. The Kier molecular flexibility index (Phi) is 3.53. The van der Waals surface area contributed by atoms with E-state index in [4.69, 9.17) is 9.84 Å². The molecular formula is C15H18NO3+. The van der Waals surface area contributed by atoms with Gasteiger partial charge in [0.05, 0.1) is 6.61 Å². The molecular weight excluding hydrogens is 242 g/mol. The lowest BCUT2D eigenvalue weighted by Gasteiger charge is -2.15.